The van der Waals surface area contributed by atoms with Crippen LogP contribution in [0.1, 0.15) is 70.6 Å². The van der Waals surface area contributed by atoms with Crippen LogP contribution in [0.2, 0.25) is 0 Å². The van der Waals surface area contributed by atoms with Crippen LogP contribution in [0, 0.1) is 17.8 Å². The highest BCUT2D eigenvalue weighted by atomic mass is 19.1. The molecule has 3 heterocycles. The molecule has 9 atom stereocenters. The van der Waals surface area contributed by atoms with Crippen LogP contribution in [0.4, 0.5) is 4.39 Å². The van der Waals surface area contributed by atoms with E-state index < -0.39 is 18.1 Å². The van der Waals surface area contributed by atoms with Gasteiger partial charge in [0.15, 0.2) is 5.78 Å². The van der Waals surface area contributed by atoms with Crippen LogP contribution >= 0.6 is 0 Å². The number of unbranched alkanes of at least 4 members (excludes halogenated alkanes) is 1. The predicted molar refractivity (Wildman–Crippen MR) is 157 cm³/mol. The van der Waals surface area contributed by atoms with Gasteiger partial charge in [0.05, 0.1) is 35.9 Å². The van der Waals surface area contributed by atoms with Gasteiger partial charge in [-0.15, -0.1) is 0 Å². The Bertz CT molecular complexity index is 971. The van der Waals surface area contributed by atoms with Crippen molar-refractivity contribution in [2.75, 3.05) is 53.4 Å². The van der Waals surface area contributed by atoms with Gasteiger partial charge in [0.25, 0.3) is 5.91 Å². The molecule has 2 N–H and O–H groups in total. The number of Topliss-reactive ketones (excluding diaryl/α,β-unsaturated/α-hetero) is 1. The molecule has 1 amide bonds. The smallest absolute Gasteiger partial charge is 0.256 e. The monoisotopic (exact) mass is 573 g/mol. The minimum atomic E-state index is -1.18. The lowest BCUT2D eigenvalue weighted by atomic mass is 9.64. The van der Waals surface area contributed by atoms with Crippen LogP contribution < -0.4 is 10.6 Å². The lowest BCUT2D eigenvalue weighted by molar-refractivity contribution is -0.220. The molecule has 0 bridgehead atoms. The van der Waals surface area contributed by atoms with E-state index in [1.807, 2.05) is 6.20 Å². The van der Waals surface area contributed by atoms with E-state index in [4.69, 9.17) is 4.74 Å². The Morgan fingerprint density at radius 2 is 1.85 bits per heavy atom. The summed E-state index contributed by atoms with van der Waals surface area (Å²) < 4.78 is 23.0. The van der Waals surface area contributed by atoms with Crippen LogP contribution in [0.5, 0.6) is 0 Å². The molecule has 3 aliphatic carbocycles. The first-order valence-electron chi connectivity index (χ1n) is 16.6. The zero-order valence-corrected chi connectivity index (χ0v) is 25.2. The molecule has 41 heavy (non-hydrogen) atoms. The van der Waals surface area contributed by atoms with Crippen molar-refractivity contribution >= 4 is 11.7 Å². The number of morpholine rings is 1. The first kappa shape index (κ1) is 29.5. The summed E-state index contributed by atoms with van der Waals surface area (Å²) in [4.78, 5) is 34.1. The number of carbonyl (C=O) groups is 2. The minimum Gasteiger partial charge on any atom is -0.369 e. The van der Waals surface area contributed by atoms with Gasteiger partial charge in [0.1, 0.15) is 6.17 Å². The topological polar surface area (TPSA) is 77.2 Å². The SMILES string of the molecule is CN(C)CCCCNC1C(F)CC2C(=O)C(C(=O)NCCN3CCCC3)=CN3C4CCC5CCCCC5C4OC1C23. The molecular formula is C32H52FN5O3. The number of likely N-dealkylation sites (tertiary alicyclic amines) is 1. The van der Waals surface area contributed by atoms with Crippen molar-refractivity contribution in [3.63, 3.8) is 0 Å². The molecule has 9 unspecified atom stereocenters. The predicted octanol–water partition coefficient (Wildman–Crippen LogP) is 2.73. The van der Waals surface area contributed by atoms with Crippen molar-refractivity contribution in [2.45, 2.75) is 107 Å². The number of alkyl halides is 1. The van der Waals surface area contributed by atoms with Crippen LogP contribution in [-0.2, 0) is 14.3 Å². The molecule has 0 aromatic heterocycles. The van der Waals surface area contributed by atoms with Gasteiger partial charge in [-0.3, -0.25) is 9.59 Å². The van der Waals surface area contributed by atoms with Crippen molar-refractivity contribution in [3.05, 3.63) is 11.8 Å². The van der Waals surface area contributed by atoms with E-state index in [1.165, 1.54) is 38.5 Å². The Balaban J connectivity index is 1.23. The second-order valence-electron chi connectivity index (χ2n) is 13.9. The number of ether oxygens (including phenoxy) is 1. The van der Waals surface area contributed by atoms with Crippen molar-refractivity contribution in [1.29, 1.82) is 0 Å². The van der Waals surface area contributed by atoms with Gasteiger partial charge in [0.2, 0.25) is 0 Å². The van der Waals surface area contributed by atoms with Crippen molar-refractivity contribution < 1.29 is 18.7 Å². The molecule has 0 spiro atoms. The van der Waals surface area contributed by atoms with E-state index in [0.29, 0.717) is 18.4 Å². The molecule has 0 radical (unpaired) electrons. The van der Waals surface area contributed by atoms with E-state index in [-0.39, 0.29) is 48.0 Å². The second-order valence-corrected chi connectivity index (χ2v) is 13.9. The fourth-order valence-electron chi connectivity index (χ4n) is 9.01. The summed E-state index contributed by atoms with van der Waals surface area (Å²) >= 11 is 0. The third-order valence-electron chi connectivity index (χ3n) is 11.1. The molecular weight excluding hydrogens is 521 g/mol. The molecule has 3 saturated carbocycles. The standard InChI is InChI=1S/C32H52FN5O3/c1-36(2)15-6-5-13-34-27-25(33)19-23-28-31(27)41-30-22-10-4-3-9-21(22)11-12-26(30)38(28)20-24(29(23)39)32(40)35-14-18-37-16-7-8-17-37/h20-23,25-28,30-31,34H,3-19H2,1-2H3,(H,35,40). The third kappa shape index (κ3) is 6.11. The second kappa shape index (κ2) is 13.0. The molecule has 230 valence electrons. The van der Waals surface area contributed by atoms with E-state index in [1.54, 1.807) is 0 Å². The summed E-state index contributed by atoms with van der Waals surface area (Å²) in [5, 5.41) is 6.57. The number of ketones is 1. The number of halogens is 1. The summed E-state index contributed by atoms with van der Waals surface area (Å²) in [5.74, 6) is 0.108. The molecule has 9 heteroatoms. The van der Waals surface area contributed by atoms with Gasteiger partial charge in [-0.05, 0) is 103 Å². The quantitative estimate of drug-likeness (QED) is 0.308. The van der Waals surface area contributed by atoms with Crippen molar-refractivity contribution in [3.8, 4) is 0 Å². The highest BCUT2D eigenvalue weighted by Gasteiger charge is 2.60. The summed E-state index contributed by atoms with van der Waals surface area (Å²) in [6.45, 7) is 5.24. The first-order valence-corrected chi connectivity index (χ1v) is 16.6. The number of amides is 1. The maximum absolute atomic E-state index is 16.0. The van der Waals surface area contributed by atoms with Gasteiger partial charge >= 0.3 is 0 Å². The lowest BCUT2D eigenvalue weighted by Crippen LogP contribution is -2.74. The lowest BCUT2D eigenvalue weighted by Gasteiger charge is -2.61. The van der Waals surface area contributed by atoms with E-state index in [2.05, 4.69) is 39.4 Å². The summed E-state index contributed by atoms with van der Waals surface area (Å²) in [7, 11) is 4.15. The minimum absolute atomic E-state index is 0.0308. The van der Waals surface area contributed by atoms with E-state index >= 15 is 4.39 Å². The highest BCUT2D eigenvalue weighted by Crippen LogP contribution is 2.50. The average molecular weight is 574 g/mol. The highest BCUT2D eigenvalue weighted by molar-refractivity contribution is 6.20. The van der Waals surface area contributed by atoms with Gasteiger partial charge in [0, 0.05) is 25.2 Å². The first-order chi connectivity index (χ1) is 19.9. The zero-order valence-electron chi connectivity index (χ0n) is 25.2. The van der Waals surface area contributed by atoms with Crippen molar-refractivity contribution in [2.24, 2.45) is 17.8 Å². The molecule has 0 aromatic rings. The van der Waals surface area contributed by atoms with E-state index in [9.17, 15) is 9.59 Å². The normalized spacial score (nSPS) is 38.7. The number of nitrogens with one attached hydrogen (secondary N) is 2. The maximum Gasteiger partial charge on any atom is 0.256 e. The summed E-state index contributed by atoms with van der Waals surface area (Å²) in [5.41, 5.74) is 0.222. The Kier molecular flexibility index (Phi) is 9.35. The number of nitrogens with zero attached hydrogens (tertiary/aromatic N) is 3. The Hall–Kier alpha value is -1.55. The van der Waals surface area contributed by atoms with E-state index in [0.717, 1.165) is 58.4 Å². The van der Waals surface area contributed by atoms with Gasteiger partial charge in [-0.2, -0.15) is 0 Å². The number of rotatable bonds is 10. The Morgan fingerprint density at radius 1 is 1.05 bits per heavy atom. The largest absolute Gasteiger partial charge is 0.369 e. The molecule has 0 aromatic carbocycles. The number of fused-ring (bicyclic) bond motifs is 4. The fraction of sp³-hybridized carbons (Fsp3) is 0.875. The number of carbonyl (C=O) groups excluding carboxylic acids is 2. The molecule has 3 aliphatic heterocycles. The third-order valence-corrected chi connectivity index (χ3v) is 11.1. The molecule has 5 fully saturated rings. The summed E-state index contributed by atoms with van der Waals surface area (Å²) in [6, 6.07) is -0.494. The number of hydrogen-bond acceptors (Lipinski definition) is 7. The molecule has 2 saturated heterocycles. The van der Waals surface area contributed by atoms with Crippen LogP contribution in [0.3, 0.4) is 0 Å². The molecule has 8 nitrogen and oxygen atoms in total. The van der Waals surface area contributed by atoms with Crippen LogP contribution in [-0.4, -0.2) is 116 Å². The van der Waals surface area contributed by atoms with Gasteiger partial charge in [-0.1, -0.05) is 19.3 Å². The summed E-state index contributed by atoms with van der Waals surface area (Å²) in [6.07, 6.45) is 12.0. The number of hydrogen-bond donors (Lipinski definition) is 2. The van der Waals surface area contributed by atoms with Crippen LogP contribution in [0.25, 0.3) is 0 Å². The Labute approximate surface area is 245 Å². The maximum atomic E-state index is 16.0. The average Bonchev–Trinajstić information content (AvgIpc) is 3.48. The molecule has 6 aliphatic rings. The van der Waals surface area contributed by atoms with Crippen LogP contribution in [0.15, 0.2) is 11.8 Å². The fourth-order valence-corrected chi connectivity index (χ4v) is 9.01. The zero-order chi connectivity index (χ0) is 28.5. The van der Waals surface area contributed by atoms with Gasteiger partial charge in [-0.25, -0.2) is 4.39 Å². The van der Waals surface area contributed by atoms with Gasteiger partial charge < -0.3 is 30.1 Å². The van der Waals surface area contributed by atoms with Crippen molar-refractivity contribution in [1.82, 2.24) is 25.3 Å². The molecule has 6 rings (SSSR count). The Morgan fingerprint density at radius 3 is 2.66 bits per heavy atom.